The van der Waals surface area contributed by atoms with E-state index in [2.05, 4.69) is 70.3 Å². The zero-order valence-corrected chi connectivity index (χ0v) is 26.5. The third-order valence-electron chi connectivity index (χ3n) is 15.0. The SMILES string of the molecule is C=C(C)[C@@H]1CC[C@@H]2CC[C@]3(C)[C@H](CC[C@@H]4[C@@]5(C)CCC(NC(=O)N6CCN(C)CC6)C(C)(C)[C@@H]5CC[C@]43C)[C@H]21. The van der Waals surface area contributed by atoms with Gasteiger partial charge in [0.15, 0.2) is 0 Å². The summed E-state index contributed by atoms with van der Waals surface area (Å²) in [6, 6.07) is 0.461. The molecule has 0 spiro atoms. The predicted octanol–water partition coefficient (Wildman–Crippen LogP) is 7.60. The number of fused-ring (bicyclic) bond motifs is 7. The van der Waals surface area contributed by atoms with Crippen LogP contribution in [0.15, 0.2) is 12.2 Å². The predicted molar refractivity (Wildman–Crippen MR) is 161 cm³/mol. The summed E-state index contributed by atoms with van der Waals surface area (Å²) < 4.78 is 0. The average molecular weight is 538 g/mol. The molecule has 39 heavy (non-hydrogen) atoms. The number of carbonyl (C=O) groups is 1. The summed E-state index contributed by atoms with van der Waals surface area (Å²) in [6.07, 6.45) is 13.7. The van der Waals surface area contributed by atoms with Crippen molar-refractivity contribution in [1.29, 1.82) is 0 Å². The maximum atomic E-state index is 13.3. The summed E-state index contributed by atoms with van der Waals surface area (Å²) in [4.78, 5) is 17.7. The fourth-order valence-corrected chi connectivity index (χ4v) is 12.7. The quantitative estimate of drug-likeness (QED) is 0.368. The first-order valence-corrected chi connectivity index (χ1v) is 16.7. The Morgan fingerprint density at radius 1 is 0.795 bits per heavy atom. The van der Waals surface area contributed by atoms with Gasteiger partial charge in [-0.3, -0.25) is 0 Å². The maximum absolute atomic E-state index is 13.3. The topological polar surface area (TPSA) is 35.6 Å². The Balaban J connectivity index is 1.23. The molecule has 4 heteroatoms. The third kappa shape index (κ3) is 4.03. The van der Waals surface area contributed by atoms with E-state index in [1.165, 1.54) is 63.4 Å². The highest BCUT2D eigenvalue weighted by Crippen LogP contribution is 2.76. The second-order valence-electron chi connectivity index (χ2n) is 16.7. The van der Waals surface area contributed by atoms with Crippen molar-refractivity contribution < 1.29 is 4.79 Å². The fraction of sp³-hybridized carbons (Fsp3) is 0.914. The molecular formula is C35H59N3O. The number of piperazine rings is 1. The summed E-state index contributed by atoms with van der Waals surface area (Å²) in [5.74, 6) is 4.98. The summed E-state index contributed by atoms with van der Waals surface area (Å²) in [6.45, 7) is 23.7. The monoisotopic (exact) mass is 537 g/mol. The van der Waals surface area contributed by atoms with Crippen molar-refractivity contribution in [3.63, 3.8) is 0 Å². The van der Waals surface area contributed by atoms with Gasteiger partial charge in [-0.2, -0.15) is 0 Å². The van der Waals surface area contributed by atoms with Crippen LogP contribution < -0.4 is 5.32 Å². The fourth-order valence-electron chi connectivity index (χ4n) is 12.7. The molecule has 6 aliphatic rings. The number of carbonyl (C=O) groups excluding carboxylic acids is 1. The van der Waals surface area contributed by atoms with Crippen molar-refractivity contribution in [2.24, 2.45) is 57.2 Å². The third-order valence-corrected chi connectivity index (χ3v) is 15.0. The zero-order chi connectivity index (χ0) is 28.0. The van der Waals surface area contributed by atoms with E-state index in [0.29, 0.717) is 22.2 Å². The molecule has 0 radical (unpaired) electrons. The Hall–Kier alpha value is -1.03. The van der Waals surface area contributed by atoms with Gasteiger partial charge >= 0.3 is 6.03 Å². The molecule has 0 aromatic rings. The normalized spacial score (nSPS) is 49.3. The van der Waals surface area contributed by atoms with Crippen LogP contribution in [-0.4, -0.2) is 55.1 Å². The second-order valence-corrected chi connectivity index (χ2v) is 16.7. The molecule has 1 heterocycles. The zero-order valence-electron chi connectivity index (χ0n) is 26.5. The first-order valence-electron chi connectivity index (χ1n) is 16.7. The van der Waals surface area contributed by atoms with Crippen LogP contribution in [0.2, 0.25) is 0 Å². The minimum absolute atomic E-state index is 0.127. The summed E-state index contributed by atoms with van der Waals surface area (Å²) >= 11 is 0. The lowest BCUT2D eigenvalue weighted by molar-refractivity contribution is -0.231. The van der Waals surface area contributed by atoms with Crippen LogP contribution >= 0.6 is 0 Å². The van der Waals surface area contributed by atoms with E-state index in [0.717, 1.165) is 62.2 Å². The van der Waals surface area contributed by atoms with Crippen molar-refractivity contribution in [1.82, 2.24) is 15.1 Å². The standard InChI is InChI=1S/C35H59N3O/c1-23(2)25-10-9-24-13-17-34(6)26(30(24)25)11-12-28-33(5)16-15-29(32(3,4)27(33)14-18-35(28,34)7)36-31(39)38-21-19-37(8)20-22-38/h24-30H,1,9-22H2,2-8H3,(H,36,39)/t24-,25+,26-,27+,28-,29?,30-,33+,34-,35-/m1/s1. The number of amides is 2. The van der Waals surface area contributed by atoms with Gasteiger partial charge in [0.25, 0.3) is 0 Å². The Morgan fingerprint density at radius 2 is 1.49 bits per heavy atom. The molecular weight excluding hydrogens is 478 g/mol. The van der Waals surface area contributed by atoms with Gasteiger partial charge in [-0.05, 0) is 135 Å². The molecule has 1 unspecified atom stereocenters. The van der Waals surface area contributed by atoms with Gasteiger partial charge in [-0.25, -0.2) is 4.79 Å². The molecule has 1 aliphatic heterocycles. The largest absolute Gasteiger partial charge is 0.335 e. The summed E-state index contributed by atoms with van der Waals surface area (Å²) in [5, 5.41) is 3.58. The minimum Gasteiger partial charge on any atom is -0.335 e. The number of nitrogens with one attached hydrogen (secondary N) is 1. The van der Waals surface area contributed by atoms with E-state index in [4.69, 9.17) is 0 Å². The number of rotatable bonds is 2. The van der Waals surface area contributed by atoms with Crippen LogP contribution in [-0.2, 0) is 0 Å². The highest BCUT2D eigenvalue weighted by molar-refractivity contribution is 5.74. The molecule has 6 rings (SSSR count). The van der Waals surface area contributed by atoms with Crippen molar-refractivity contribution in [2.45, 2.75) is 112 Å². The van der Waals surface area contributed by atoms with Gasteiger partial charge < -0.3 is 15.1 Å². The molecule has 1 saturated heterocycles. The number of urea groups is 1. The number of likely N-dealkylation sites (N-methyl/N-ethyl adjacent to an activating group) is 1. The highest BCUT2D eigenvalue weighted by Gasteiger charge is 2.69. The molecule has 2 amide bonds. The first-order chi connectivity index (χ1) is 18.3. The first kappa shape index (κ1) is 28.1. The maximum Gasteiger partial charge on any atom is 0.317 e. The van der Waals surface area contributed by atoms with E-state index in [-0.39, 0.29) is 17.5 Å². The van der Waals surface area contributed by atoms with Gasteiger partial charge in [-0.15, -0.1) is 0 Å². The lowest BCUT2D eigenvalue weighted by atomic mass is 9.33. The van der Waals surface area contributed by atoms with Gasteiger partial charge in [0, 0.05) is 32.2 Å². The Bertz CT molecular complexity index is 982. The van der Waals surface area contributed by atoms with Crippen LogP contribution in [0.3, 0.4) is 0 Å². The van der Waals surface area contributed by atoms with Crippen molar-refractivity contribution in [3.8, 4) is 0 Å². The van der Waals surface area contributed by atoms with Gasteiger partial charge in [-0.1, -0.05) is 46.8 Å². The van der Waals surface area contributed by atoms with Crippen molar-refractivity contribution >= 4 is 6.03 Å². The van der Waals surface area contributed by atoms with Crippen LogP contribution in [0.25, 0.3) is 0 Å². The Labute approximate surface area is 240 Å². The van der Waals surface area contributed by atoms with Gasteiger partial charge in [0.05, 0.1) is 0 Å². The minimum atomic E-state index is 0.127. The molecule has 5 aliphatic carbocycles. The molecule has 0 aromatic carbocycles. The van der Waals surface area contributed by atoms with Crippen LogP contribution in [0.5, 0.6) is 0 Å². The molecule has 5 saturated carbocycles. The second kappa shape index (κ2) is 9.50. The van der Waals surface area contributed by atoms with E-state index >= 15 is 0 Å². The van der Waals surface area contributed by atoms with E-state index in [9.17, 15) is 4.79 Å². The number of nitrogens with zero attached hydrogens (tertiary/aromatic N) is 2. The molecule has 6 fully saturated rings. The van der Waals surface area contributed by atoms with Gasteiger partial charge in [0.2, 0.25) is 0 Å². The average Bonchev–Trinajstić information content (AvgIpc) is 3.31. The lowest BCUT2D eigenvalue weighted by Crippen LogP contribution is -2.67. The summed E-state index contributed by atoms with van der Waals surface area (Å²) in [5.41, 5.74) is 2.86. The highest BCUT2D eigenvalue weighted by atomic mass is 16.2. The van der Waals surface area contributed by atoms with Crippen molar-refractivity contribution in [3.05, 3.63) is 12.2 Å². The molecule has 0 aromatic heterocycles. The van der Waals surface area contributed by atoms with E-state index in [1.807, 2.05) is 0 Å². The van der Waals surface area contributed by atoms with Crippen LogP contribution in [0.4, 0.5) is 4.79 Å². The summed E-state index contributed by atoms with van der Waals surface area (Å²) in [7, 11) is 2.16. The van der Waals surface area contributed by atoms with Crippen LogP contribution in [0.1, 0.15) is 106 Å². The van der Waals surface area contributed by atoms with Crippen LogP contribution in [0, 0.1) is 57.2 Å². The molecule has 10 atom stereocenters. The van der Waals surface area contributed by atoms with E-state index < -0.39 is 0 Å². The molecule has 0 bridgehead atoms. The molecule has 1 N–H and O–H groups in total. The number of hydrogen-bond donors (Lipinski definition) is 1. The molecule has 220 valence electrons. The number of hydrogen-bond acceptors (Lipinski definition) is 2. The van der Waals surface area contributed by atoms with Gasteiger partial charge in [0.1, 0.15) is 0 Å². The Morgan fingerprint density at radius 3 is 2.18 bits per heavy atom. The number of allylic oxidation sites excluding steroid dienone is 1. The smallest absolute Gasteiger partial charge is 0.317 e. The van der Waals surface area contributed by atoms with E-state index in [1.54, 1.807) is 0 Å². The van der Waals surface area contributed by atoms with Crippen molar-refractivity contribution in [2.75, 3.05) is 33.2 Å². The molecule has 4 nitrogen and oxygen atoms in total. The Kier molecular flexibility index (Phi) is 6.84. The lowest BCUT2D eigenvalue weighted by Gasteiger charge is -2.72.